The molecule has 1 atom stereocenters. The molecule has 0 fully saturated rings. The van der Waals surface area contributed by atoms with Gasteiger partial charge in [0.15, 0.2) is 11.6 Å². The summed E-state index contributed by atoms with van der Waals surface area (Å²) in [5, 5.41) is 17.7. The van der Waals surface area contributed by atoms with Gasteiger partial charge in [-0.2, -0.15) is 5.10 Å². The maximum Gasteiger partial charge on any atom is 0.151 e. The Balaban J connectivity index is 1.55. The quantitative estimate of drug-likeness (QED) is 0.740. The van der Waals surface area contributed by atoms with E-state index in [0.717, 1.165) is 18.4 Å². The Morgan fingerprint density at radius 3 is 2.62 bits per heavy atom. The van der Waals surface area contributed by atoms with E-state index in [1.807, 2.05) is 18.2 Å². The molecule has 2 aromatic carbocycles. The highest BCUT2D eigenvalue weighted by molar-refractivity contribution is 5.39. The minimum absolute atomic E-state index is 0.0212. The Kier molecular flexibility index (Phi) is 4.30. The second-order valence-electron chi connectivity index (χ2n) is 6.57. The van der Waals surface area contributed by atoms with Crippen LogP contribution in [0.5, 0.6) is 0 Å². The molecule has 0 radical (unpaired) electrons. The molecule has 1 heterocycles. The second kappa shape index (κ2) is 6.63. The third-order valence-corrected chi connectivity index (χ3v) is 5.04. The highest BCUT2D eigenvalue weighted by Gasteiger charge is 2.37. The minimum atomic E-state index is -0.663. The van der Waals surface area contributed by atoms with Crippen molar-refractivity contribution in [2.75, 3.05) is 6.61 Å². The Morgan fingerprint density at radius 1 is 1.08 bits per heavy atom. The number of fused-ring (bicyclic) bond motifs is 1. The largest absolute Gasteiger partial charge is 0.394 e. The van der Waals surface area contributed by atoms with Crippen LogP contribution in [0.25, 0.3) is 5.69 Å². The molecule has 1 unspecified atom stereocenters. The lowest BCUT2D eigenvalue weighted by molar-refractivity contribution is 0.158. The van der Waals surface area contributed by atoms with Crippen molar-refractivity contribution in [3.63, 3.8) is 0 Å². The van der Waals surface area contributed by atoms with Gasteiger partial charge in [0.1, 0.15) is 5.69 Å². The van der Waals surface area contributed by atoms with E-state index in [-0.39, 0.29) is 12.3 Å². The maximum atomic E-state index is 13.9. The second-order valence-corrected chi connectivity index (χ2v) is 6.57. The monoisotopic (exact) mass is 355 g/mol. The van der Waals surface area contributed by atoms with Gasteiger partial charge in [-0.3, -0.25) is 5.32 Å². The van der Waals surface area contributed by atoms with Crippen molar-refractivity contribution in [3.8, 4) is 5.69 Å². The molecule has 4 nitrogen and oxygen atoms in total. The molecule has 6 heteroatoms. The Morgan fingerprint density at radius 2 is 1.85 bits per heavy atom. The van der Waals surface area contributed by atoms with Gasteiger partial charge in [-0.05, 0) is 42.2 Å². The summed E-state index contributed by atoms with van der Waals surface area (Å²) >= 11 is 0. The molecular weight excluding hydrogens is 336 g/mol. The molecule has 26 heavy (non-hydrogen) atoms. The van der Waals surface area contributed by atoms with Gasteiger partial charge in [0.25, 0.3) is 0 Å². The molecule has 1 aliphatic carbocycles. The van der Waals surface area contributed by atoms with E-state index in [1.165, 1.54) is 34.6 Å². The van der Waals surface area contributed by atoms with Crippen LogP contribution in [0.4, 0.5) is 8.78 Å². The molecule has 0 spiro atoms. The third kappa shape index (κ3) is 2.81. The highest BCUT2D eigenvalue weighted by atomic mass is 19.1. The van der Waals surface area contributed by atoms with E-state index >= 15 is 0 Å². The van der Waals surface area contributed by atoms with Gasteiger partial charge in [0.05, 0.1) is 17.8 Å². The fraction of sp³-hybridized carbons (Fsp3) is 0.250. The average Bonchev–Trinajstić information content (AvgIpc) is 3.25. The van der Waals surface area contributed by atoms with Crippen LogP contribution >= 0.6 is 0 Å². The molecule has 0 saturated carbocycles. The first-order chi connectivity index (χ1) is 12.6. The molecule has 1 aliphatic rings. The number of para-hydroxylation sites is 1. The number of nitrogens with one attached hydrogen (secondary N) is 1. The summed E-state index contributed by atoms with van der Waals surface area (Å²) in [5.74, 6) is -1.33. The van der Waals surface area contributed by atoms with Gasteiger partial charge in [-0.15, -0.1) is 0 Å². The highest BCUT2D eigenvalue weighted by Crippen LogP contribution is 2.36. The van der Waals surface area contributed by atoms with Gasteiger partial charge in [0.2, 0.25) is 0 Å². The van der Waals surface area contributed by atoms with Gasteiger partial charge < -0.3 is 5.11 Å². The van der Waals surface area contributed by atoms with Crippen molar-refractivity contribution in [2.24, 2.45) is 0 Å². The SMILES string of the molecule is OCC1(NCc2ccn(-c3c(F)cccc3F)n2)CCc2ccccc21. The fourth-order valence-corrected chi connectivity index (χ4v) is 3.64. The molecular formula is C20H19F2N3O. The summed E-state index contributed by atoms with van der Waals surface area (Å²) in [7, 11) is 0. The van der Waals surface area contributed by atoms with Gasteiger partial charge in [0, 0.05) is 12.7 Å². The van der Waals surface area contributed by atoms with Crippen molar-refractivity contribution in [1.29, 1.82) is 0 Å². The lowest BCUT2D eigenvalue weighted by Crippen LogP contribution is -2.43. The molecule has 0 amide bonds. The number of hydrogen-bond donors (Lipinski definition) is 2. The summed E-state index contributed by atoms with van der Waals surface area (Å²) in [6, 6.07) is 13.5. The standard InChI is InChI=1S/C20H19F2N3O/c21-17-6-3-7-18(22)19(17)25-11-9-15(24-25)12-23-20(13-26)10-8-14-4-1-2-5-16(14)20/h1-7,9,11,23,26H,8,10,12-13H2. The predicted molar refractivity (Wildman–Crippen MR) is 93.8 cm³/mol. The van der Waals surface area contributed by atoms with Crippen molar-refractivity contribution >= 4 is 0 Å². The van der Waals surface area contributed by atoms with Crippen LogP contribution in [0, 0.1) is 11.6 Å². The number of hydrogen-bond acceptors (Lipinski definition) is 3. The summed E-state index contributed by atoms with van der Waals surface area (Å²) in [6.45, 7) is 0.366. The lowest BCUT2D eigenvalue weighted by Gasteiger charge is -2.29. The zero-order valence-corrected chi connectivity index (χ0v) is 14.1. The minimum Gasteiger partial charge on any atom is -0.394 e. The van der Waals surface area contributed by atoms with E-state index in [1.54, 1.807) is 6.07 Å². The third-order valence-electron chi connectivity index (χ3n) is 5.04. The first-order valence-electron chi connectivity index (χ1n) is 8.56. The molecule has 0 aliphatic heterocycles. The van der Waals surface area contributed by atoms with Crippen molar-refractivity contribution in [1.82, 2.24) is 15.1 Å². The zero-order valence-electron chi connectivity index (χ0n) is 14.1. The first kappa shape index (κ1) is 16.9. The Labute approximate surface area is 150 Å². The van der Waals surface area contributed by atoms with Crippen LogP contribution in [0.2, 0.25) is 0 Å². The van der Waals surface area contributed by atoms with Crippen molar-refractivity contribution in [2.45, 2.75) is 24.9 Å². The van der Waals surface area contributed by atoms with Crippen molar-refractivity contribution in [3.05, 3.63) is 83.2 Å². The number of aliphatic hydroxyl groups excluding tert-OH is 1. The number of aliphatic hydroxyl groups is 1. The van der Waals surface area contributed by atoms with Crippen LogP contribution < -0.4 is 5.32 Å². The van der Waals surface area contributed by atoms with E-state index < -0.39 is 17.2 Å². The van der Waals surface area contributed by atoms with Crippen LogP contribution in [-0.4, -0.2) is 21.5 Å². The summed E-state index contributed by atoms with van der Waals surface area (Å²) in [4.78, 5) is 0. The van der Waals surface area contributed by atoms with E-state index in [2.05, 4.69) is 16.5 Å². The van der Waals surface area contributed by atoms with E-state index in [0.29, 0.717) is 12.2 Å². The summed E-state index contributed by atoms with van der Waals surface area (Å²) < 4.78 is 29.0. The number of rotatable bonds is 5. The Hall–Kier alpha value is -2.57. The molecule has 2 N–H and O–H groups in total. The van der Waals surface area contributed by atoms with Crippen LogP contribution in [-0.2, 0) is 18.5 Å². The van der Waals surface area contributed by atoms with Crippen molar-refractivity contribution < 1.29 is 13.9 Å². The van der Waals surface area contributed by atoms with E-state index in [9.17, 15) is 13.9 Å². The molecule has 3 aromatic rings. The van der Waals surface area contributed by atoms with Gasteiger partial charge in [-0.1, -0.05) is 30.3 Å². The zero-order chi connectivity index (χ0) is 18.1. The fourth-order valence-electron chi connectivity index (χ4n) is 3.64. The normalized spacial score (nSPS) is 18.9. The number of benzene rings is 2. The van der Waals surface area contributed by atoms with Gasteiger partial charge >= 0.3 is 0 Å². The van der Waals surface area contributed by atoms with Crippen LogP contribution in [0.3, 0.4) is 0 Å². The lowest BCUT2D eigenvalue weighted by atomic mass is 9.92. The maximum absolute atomic E-state index is 13.9. The number of aryl methyl sites for hydroxylation is 1. The molecule has 0 saturated heterocycles. The molecule has 0 bridgehead atoms. The number of nitrogens with zero attached hydrogens (tertiary/aromatic N) is 2. The molecule has 1 aromatic heterocycles. The topological polar surface area (TPSA) is 50.1 Å². The molecule has 134 valence electrons. The summed E-state index contributed by atoms with van der Waals surface area (Å²) in [5.41, 5.74) is 2.27. The molecule has 4 rings (SSSR count). The van der Waals surface area contributed by atoms with Gasteiger partial charge in [-0.25, -0.2) is 13.5 Å². The van der Waals surface area contributed by atoms with Crippen LogP contribution in [0.15, 0.2) is 54.7 Å². The number of halogens is 2. The smallest absolute Gasteiger partial charge is 0.151 e. The summed E-state index contributed by atoms with van der Waals surface area (Å²) in [6.07, 6.45) is 3.23. The predicted octanol–water partition coefficient (Wildman–Crippen LogP) is 3.07. The number of aromatic nitrogens is 2. The first-order valence-corrected chi connectivity index (χ1v) is 8.56. The van der Waals surface area contributed by atoms with E-state index in [4.69, 9.17) is 0 Å². The van der Waals surface area contributed by atoms with Crippen LogP contribution in [0.1, 0.15) is 23.2 Å². The average molecular weight is 355 g/mol. The Bertz CT molecular complexity index is 920.